The third-order valence-electron chi connectivity index (χ3n) is 7.18. The number of benzene rings is 4. The number of aldehydes is 1. The number of ether oxygens (including phenoxy) is 1. The Labute approximate surface area is 232 Å². The van der Waals surface area contributed by atoms with Gasteiger partial charge in [0.15, 0.2) is 6.29 Å². The van der Waals surface area contributed by atoms with Gasteiger partial charge in [-0.2, -0.15) is 0 Å². The first kappa shape index (κ1) is 25.4. The molecule has 6 rings (SSSR count). The first-order valence-corrected chi connectivity index (χ1v) is 13.2. The number of carbonyl (C=O) groups excluding carboxylic acids is 1. The fraction of sp³-hybridized carbons (Fsp3) is 0.194. The number of aromatic nitrogens is 1. The molecule has 0 amide bonds. The average molecular weight is 560 g/mol. The predicted octanol–water partition coefficient (Wildman–Crippen LogP) is 7.35. The molecular weight excluding hydrogens is 537 g/mol. The molecule has 0 aliphatic rings. The maximum absolute atomic E-state index is 13.5. The summed E-state index contributed by atoms with van der Waals surface area (Å²) in [6.45, 7) is 6.49. The zero-order chi connectivity index (χ0) is 27.6. The van der Waals surface area contributed by atoms with E-state index in [0.717, 1.165) is 27.3 Å². The van der Waals surface area contributed by atoms with Crippen LogP contribution in [0.3, 0.4) is 0 Å². The lowest BCUT2D eigenvalue weighted by Crippen LogP contribution is -2.35. The Bertz CT molecular complexity index is 2010. The summed E-state index contributed by atoms with van der Waals surface area (Å²) >= 11 is 12.2. The Kier molecular flexibility index (Phi) is 5.93. The summed E-state index contributed by atoms with van der Waals surface area (Å²) in [6, 6.07) is 16.3. The summed E-state index contributed by atoms with van der Waals surface area (Å²) in [6.07, 6.45) is 0.570. The molecule has 0 saturated heterocycles. The normalized spacial score (nSPS) is 12.2. The highest BCUT2D eigenvalue weighted by atomic mass is 35.5. The van der Waals surface area contributed by atoms with E-state index in [-0.39, 0.29) is 34.2 Å². The topological polar surface area (TPSA) is 78.5 Å². The number of hydrogen-bond donors (Lipinski definition) is 0. The smallest absolute Gasteiger partial charge is 0.261 e. The van der Waals surface area contributed by atoms with Gasteiger partial charge in [-0.1, -0.05) is 56.1 Å². The van der Waals surface area contributed by atoms with Gasteiger partial charge in [-0.05, 0) is 58.8 Å². The highest BCUT2D eigenvalue weighted by Crippen LogP contribution is 2.38. The molecule has 0 saturated carbocycles. The van der Waals surface area contributed by atoms with Crippen LogP contribution in [0.1, 0.15) is 36.7 Å². The number of hydrogen-bond acceptors (Lipinski definition) is 5. The van der Waals surface area contributed by atoms with Gasteiger partial charge in [-0.3, -0.25) is 19.0 Å². The van der Waals surface area contributed by atoms with Crippen molar-refractivity contribution in [3.8, 4) is 5.75 Å². The van der Waals surface area contributed by atoms with E-state index in [4.69, 9.17) is 32.4 Å². The Morgan fingerprint density at radius 3 is 2.08 bits per heavy atom. The molecule has 6 nitrogen and oxygen atoms in total. The molecule has 0 bridgehead atoms. The molecule has 2 heterocycles. The molecule has 39 heavy (non-hydrogen) atoms. The second kappa shape index (κ2) is 9.11. The van der Waals surface area contributed by atoms with Gasteiger partial charge in [0.2, 0.25) is 0 Å². The van der Waals surface area contributed by atoms with Gasteiger partial charge >= 0.3 is 0 Å². The summed E-state index contributed by atoms with van der Waals surface area (Å²) in [5.41, 5.74) is 1.84. The summed E-state index contributed by atoms with van der Waals surface area (Å²) in [5.74, 6) is 0.330. The Balaban J connectivity index is 1.46. The molecule has 0 radical (unpaired) electrons. The number of halogens is 2. The molecule has 0 aliphatic heterocycles. The van der Waals surface area contributed by atoms with Crippen molar-refractivity contribution in [3.63, 3.8) is 0 Å². The number of fused-ring (bicyclic) bond motifs is 2. The van der Waals surface area contributed by atoms with Gasteiger partial charge in [0.1, 0.15) is 23.5 Å². The van der Waals surface area contributed by atoms with E-state index in [1.165, 1.54) is 16.7 Å². The van der Waals surface area contributed by atoms with E-state index in [1.807, 2.05) is 12.1 Å². The number of nitrogens with zero attached hydrogens (tertiary/aromatic N) is 1. The van der Waals surface area contributed by atoms with Crippen molar-refractivity contribution in [1.29, 1.82) is 0 Å². The molecule has 0 aliphatic carbocycles. The Morgan fingerprint density at radius 1 is 0.821 bits per heavy atom. The molecule has 0 unspecified atom stereocenters. The van der Waals surface area contributed by atoms with E-state index < -0.39 is 11.1 Å². The fourth-order valence-electron chi connectivity index (χ4n) is 5.14. The molecule has 8 heteroatoms. The van der Waals surface area contributed by atoms with Crippen molar-refractivity contribution < 1.29 is 13.9 Å². The monoisotopic (exact) mass is 559 g/mol. The SMILES string of the molecule is CC(C)(C)c1ccc2oc3ccc4c(=O)n(CCOc5cc(Cl)c(C=O)c(Cl)c5)c(=O)c5ccc(c2c1)c3c45. The predicted molar refractivity (Wildman–Crippen MR) is 156 cm³/mol. The van der Waals surface area contributed by atoms with Crippen LogP contribution in [0.5, 0.6) is 5.75 Å². The van der Waals surface area contributed by atoms with Crippen LogP contribution < -0.4 is 15.9 Å². The molecule has 2 aromatic heterocycles. The summed E-state index contributed by atoms with van der Waals surface area (Å²) in [4.78, 5) is 38.2. The zero-order valence-corrected chi connectivity index (χ0v) is 22.9. The molecule has 0 N–H and O–H groups in total. The van der Waals surface area contributed by atoms with Crippen molar-refractivity contribution in [2.75, 3.05) is 6.61 Å². The second-order valence-electron chi connectivity index (χ2n) is 10.6. The summed E-state index contributed by atoms with van der Waals surface area (Å²) in [5, 5.41) is 4.42. The minimum Gasteiger partial charge on any atom is -0.492 e. The van der Waals surface area contributed by atoms with E-state index in [1.54, 1.807) is 18.2 Å². The van der Waals surface area contributed by atoms with Crippen LogP contribution in [0.2, 0.25) is 10.0 Å². The fourth-order valence-corrected chi connectivity index (χ4v) is 5.70. The van der Waals surface area contributed by atoms with Gasteiger partial charge in [0.05, 0.1) is 22.2 Å². The van der Waals surface area contributed by atoms with Gasteiger partial charge < -0.3 is 9.15 Å². The summed E-state index contributed by atoms with van der Waals surface area (Å²) < 4.78 is 13.1. The third-order valence-corrected chi connectivity index (χ3v) is 7.81. The molecule has 6 aromatic rings. The maximum atomic E-state index is 13.5. The van der Waals surface area contributed by atoms with Gasteiger partial charge in [0, 0.05) is 26.9 Å². The molecule has 196 valence electrons. The van der Waals surface area contributed by atoms with Crippen LogP contribution in [0.4, 0.5) is 0 Å². The van der Waals surface area contributed by atoms with Gasteiger partial charge in [-0.25, -0.2) is 0 Å². The lowest BCUT2D eigenvalue weighted by atomic mass is 9.85. The van der Waals surface area contributed by atoms with E-state index in [9.17, 15) is 14.4 Å². The second-order valence-corrected chi connectivity index (χ2v) is 11.4. The molecule has 0 spiro atoms. The van der Waals surface area contributed by atoms with Gasteiger partial charge in [-0.15, -0.1) is 0 Å². The molecular formula is C31H23Cl2NO5. The first-order chi connectivity index (χ1) is 18.6. The third kappa shape index (κ3) is 4.06. The summed E-state index contributed by atoms with van der Waals surface area (Å²) in [7, 11) is 0. The maximum Gasteiger partial charge on any atom is 0.261 e. The molecule has 4 aromatic carbocycles. The largest absolute Gasteiger partial charge is 0.492 e. The number of rotatable bonds is 5. The number of carbonyl (C=O) groups is 1. The average Bonchev–Trinajstić information content (AvgIpc) is 2.89. The van der Waals surface area contributed by atoms with Crippen LogP contribution in [-0.4, -0.2) is 17.5 Å². The highest BCUT2D eigenvalue weighted by Gasteiger charge is 2.21. The first-order valence-electron chi connectivity index (χ1n) is 12.4. The van der Waals surface area contributed by atoms with Crippen molar-refractivity contribution in [2.24, 2.45) is 0 Å². The van der Waals surface area contributed by atoms with Crippen LogP contribution in [0.25, 0.3) is 43.5 Å². The van der Waals surface area contributed by atoms with Crippen molar-refractivity contribution in [3.05, 3.63) is 96.5 Å². The van der Waals surface area contributed by atoms with Crippen LogP contribution in [0, 0.1) is 0 Å². The molecule has 0 fully saturated rings. The van der Waals surface area contributed by atoms with Crippen molar-refractivity contribution in [1.82, 2.24) is 4.57 Å². The van der Waals surface area contributed by atoms with Crippen LogP contribution in [-0.2, 0) is 12.0 Å². The van der Waals surface area contributed by atoms with Crippen molar-refractivity contribution in [2.45, 2.75) is 32.7 Å². The van der Waals surface area contributed by atoms with Crippen molar-refractivity contribution >= 4 is 73.0 Å². The lowest BCUT2D eigenvalue weighted by molar-refractivity contribution is 0.112. The lowest BCUT2D eigenvalue weighted by Gasteiger charge is -2.20. The zero-order valence-electron chi connectivity index (χ0n) is 21.4. The van der Waals surface area contributed by atoms with E-state index in [2.05, 4.69) is 32.9 Å². The van der Waals surface area contributed by atoms with Crippen LogP contribution >= 0.6 is 23.2 Å². The highest BCUT2D eigenvalue weighted by molar-refractivity contribution is 6.38. The van der Waals surface area contributed by atoms with E-state index >= 15 is 0 Å². The van der Waals surface area contributed by atoms with E-state index in [0.29, 0.717) is 33.8 Å². The minimum atomic E-state index is -0.401. The standard InChI is InChI=1S/C31H23Cl2NO5/c1-31(2,3)16-4-8-25-21(12-16)18-5-6-19-27-20(7-9-26(39-25)28(18)27)30(37)34(29(19)36)10-11-38-17-13-23(32)22(15-35)24(33)14-17/h4-9,12-15H,10-11H2,1-3H3. The minimum absolute atomic E-state index is 0.0149. The number of pyridine rings is 1. The van der Waals surface area contributed by atoms with Crippen LogP contribution in [0.15, 0.2) is 68.6 Å². The quantitative estimate of drug-likeness (QED) is 0.125. The molecule has 0 atom stereocenters. The Morgan fingerprint density at radius 2 is 1.44 bits per heavy atom. The Hall–Kier alpha value is -3.87. The van der Waals surface area contributed by atoms with Gasteiger partial charge in [0.25, 0.3) is 11.1 Å².